The number of carbonyl (C=O) groups excluding carboxylic acids is 1. The second-order valence-corrected chi connectivity index (χ2v) is 8.84. The Morgan fingerprint density at radius 1 is 1.26 bits per heavy atom. The minimum Gasteiger partial charge on any atom is -0.330 e. The number of sulfonamides is 1. The smallest absolute Gasteiger partial charge is 0.258 e. The Bertz CT molecular complexity index is 1120. The van der Waals surface area contributed by atoms with Crippen molar-refractivity contribution in [1.82, 2.24) is 9.88 Å². The number of fused-ring (bicyclic) bond motifs is 1. The fraction of sp³-hybridized carbons (Fsp3) is 0.118. The minimum atomic E-state index is -3.42. The van der Waals surface area contributed by atoms with E-state index in [4.69, 9.17) is 11.6 Å². The highest BCUT2D eigenvalue weighted by Gasteiger charge is 2.25. The van der Waals surface area contributed by atoms with Gasteiger partial charge in [-0.15, -0.1) is 15.7 Å². The number of amides is 1. The summed E-state index contributed by atoms with van der Waals surface area (Å²) in [5.41, 5.74) is 1.87. The van der Waals surface area contributed by atoms with Gasteiger partial charge in [-0.25, -0.2) is 13.4 Å². The van der Waals surface area contributed by atoms with Crippen molar-refractivity contribution >= 4 is 49.8 Å². The van der Waals surface area contributed by atoms with Crippen molar-refractivity contribution in [3.05, 3.63) is 58.6 Å². The minimum absolute atomic E-state index is 0.0799. The van der Waals surface area contributed by atoms with E-state index in [1.165, 1.54) is 23.5 Å². The van der Waals surface area contributed by atoms with E-state index < -0.39 is 10.0 Å². The van der Waals surface area contributed by atoms with E-state index in [2.05, 4.69) is 14.7 Å². The average molecular weight is 421 g/mol. The quantitative estimate of drug-likeness (QED) is 0.824. The van der Waals surface area contributed by atoms with E-state index in [0.717, 1.165) is 5.56 Å². The molecular formula is C17H13ClN4O3S2. The second kappa shape index (κ2) is 6.91. The lowest BCUT2D eigenvalue weighted by molar-refractivity contribution is -0.112. The molecule has 4 rings (SSSR count). The van der Waals surface area contributed by atoms with Gasteiger partial charge < -0.3 is 4.90 Å². The molecule has 0 spiro atoms. The van der Waals surface area contributed by atoms with E-state index in [9.17, 15) is 13.2 Å². The number of halogens is 1. The zero-order valence-electron chi connectivity index (χ0n) is 13.8. The van der Waals surface area contributed by atoms with Crippen molar-refractivity contribution in [1.29, 1.82) is 0 Å². The van der Waals surface area contributed by atoms with Crippen LogP contribution in [-0.2, 0) is 14.8 Å². The van der Waals surface area contributed by atoms with Crippen LogP contribution in [0.4, 0.5) is 5.13 Å². The van der Waals surface area contributed by atoms with Crippen molar-refractivity contribution in [3.8, 4) is 11.3 Å². The van der Waals surface area contributed by atoms with Crippen LogP contribution in [0.15, 0.2) is 58.0 Å². The third-order valence-corrected chi connectivity index (χ3v) is 6.21. The first-order valence-electron chi connectivity index (χ1n) is 7.92. The Kier molecular flexibility index (Phi) is 4.58. The molecule has 1 amide bonds. The molecule has 3 heterocycles. The number of thiazole rings is 1. The van der Waals surface area contributed by atoms with Crippen LogP contribution in [0.5, 0.6) is 0 Å². The Morgan fingerprint density at radius 2 is 2.07 bits per heavy atom. The highest BCUT2D eigenvalue weighted by atomic mass is 35.5. The van der Waals surface area contributed by atoms with E-state index in [1.807, 2.05) is 23.6 Å². The van der Waals surface area contributed by atoms with E-state index >= 15 is 0 Å². The van der Waals surface area contributed by atoms with Crippen LogP contribution >= 0.6 is 22.9 Å². The van der Waals surface area contributed by atoms with Crippen molar-refractivity contribution in [2.45, 2.75) is 0 Å². The lowest BCUT2D eigenvalue weighted by atomic mass is 10.2. The first kappa shape index (κ1) is 17.9. The molecule has 1 aromatic heterocycles. The summed E-state index contributed by atoms with van der Waals surface area (Å²) in [6.07, 6.45) is 4.64. The first-order chi connectivity index (χ1) is 12.9. The molecule has 0 atom stereocenters. The summed E-state index contributed by atoms with van der Waals surface area (Å²) in [6.45, 7) is 0.260. The number of benzene rings is 1. The molecule has 1 N–H and O–H groups in total. The van der Waals surface area contributed by atoms with Crippen LogP contribution in [0.1, 0.15) is 0 Å². The molecule has 27 heavy (non-hydrogen) atoms. The SMILES string of the molecule is O=C(Nc1nc(-c2ccccc2Cl)cs1)C1=CN2CCS(=O)(=O)N=C2C=C1. The van der Waals surface area contributed by atoms with Crippen LogP contribution < -0.4 is 5.32 Å². The van der Waals surface area contributed by atoms with Gasteiger partial charge in [0.1, 0.15) is 5.84 Å². The first-order valence-corrected chi connectivity index (χ1v) is 10.8. The van der Waals surface area contributed by atoms with Crippen LogP contribution in [0.25, 0.3) is 11.3 Å². The average Bonchev–Trinajstić information content (AvgIpc) is 3.09. The lowest BCUT2D eigenvalue weighted by Crippen LogP contribution is -2.37. The van der Waals surface area contributed by atoms with Gasteiger partial charge in [-0.05, 0) is 18.2 Å². The standard InChI is InChI=1S/C17H13ClN4O3S2/c18-13-4-2-1-3-12(13)14-10-26-17(19-14)20-16(23)11-5-6-15-21-27(24,25)8-7-22(15)9-11/h1-6,9-10H,7-8H2,(H,19,20,23). The summed E-state index contributed by atoms with van der Waals surface area (Å²) in [7, 11) is -3.42. The van der Waals surface area contributed by atoms with Gasteiger partial charge in [0.2, 0.25) is 0 Å². The number of amidine groups is 1. The van der Waals surface area contributed by atoms with Gasteiger partial charge in [0.25, 0.3) is 15.9 Å². The molecule has 2 aliphatic heterocycles. The van der Waals surface area contributed by atoms with E-state index in [-0.39, 0.29) is 18.2 Å². The van der Waals surface area contributed by atoms with E-state index in [0.29, 0.717) is 27.3 Å². The Labute approximate surface area is 164 Å². The van der Waals surface area contributed by atoms with Gasteiger partial charge in [-0.3, -0.25) is 10.1 Å². The molecule has 7 nitrogen and oxygen atoms in total. The number of hydrogen-bond donors (Lipinski definition) is 1. The molecule has 138 valence electrons. The Morgan fingerprint density at radius 3 is 2.89 bits per heavy atom. The zero-order valence-corrected chi connectivity index (χ0v) is 16.2. The monoisotopic (exact) mass is 420 g/mol. The summed E-state index contributed by atoms with van der Waals surface area (Å²) >= 11 is 7.48. The molecule has 0 saturated heterocycles. The molecule has 10 heteroatoms. The third-order valence-electron chi connectivity index (χ3n) is 3.96. The molecule has 0 saturated carbocycles. The highest BCUT2D eigenvalue weighted by molar-refractivity contribution is 7.90. The van der Waals surface area contributed by atoms with Gasteiger partial charge in [0.05, 0.1) is 17.0 Å². The Hall–Kier alpha value is -2.49. The maximum absolute atomic E-state index is 12.5. The summed E-state index contributed by atoms with van der Waals surface area (Å²) in [5.74, 6) is -0.101. The fourth-order valence-corrected chi connectivity index (χ4v) is 4.54. The summed E-state index contributed by atoms with van der Waals surface area (Å²) in [5, 5.41) is 5.61. The number of hydrogen-bond acceptors (Lipinski definition) is 6. The third kappa shape index (κ3) is 3.80. The van der Waals surface area contributed by atoms with Crippen LogP contribution in [-0.4, -0.2) is 42.3 Å². The molecular weight excluding hydrogens is 408 g/mol. The van der Waals surface area contributed by atoms with Gasteiger partial charge in [-0.1, -0.05) is 29.8 Å². The number of carbonyl (C=O) groups is 1. The van der Waals surface area contributed by atoms with Gasteiger partial charge >= 0.3 is 0 Å². The maximum Gasteiger partial charge on any atom is 0.258 e. The molecule has 1 aromatic carbocycles. The van der Waals surface area contributed by atoms with Gasteiger partial charge in [-0.2, -0.15) is 0 Å². The molecule has 0 fully saturated rings. The van der Waals surface area contributed by atoms with Crippen LogP contribution in [0, 0.1) is 0 Å². The van der Waals surface area contributed by atoms with Crippen molar-refractivity contribution in [3.63, 3.8) is 0 Å². The number of nitrogens with zero attached hydrogens (tertiary/aromatic N) is 3. The molecule has 0 radical (unpaired) electrons. The second-order valence-electron chi connectivity index (χ2n) is 5.82. The largest absolute Gasteiger partial charge is 0.330 e. The van der Waals surface area contributed by atoms with Crippen LogP contribution in [0.2, 0.25) is 5.02 Å². The van der Waals surface area contributed by atoms with Gasteiger partial charge in [0, 0.05) is 28.7 Å². The molecule has 2 aliphatic rings. The predicted octanol–water partition coefficient (Wildman–Crippen LogP) is 2.90. The van der Waals surface area contributed by atoms with Gasteiger partial charge in [0.15, 0.2) is 5.13 Å². The molecule has 0 aliphatic carbocycles. The lowest BCUT2D eigenvalue weighted by Gasteiger charge is -2.26. The number of rotatable bonds is 3. The highest BCUT2D eigenvalue weighted by Crippen LogP contribution is 2.30. The summed E-state index contributed by atoms with van der Waals surface area (Å²) in [6, 6.07) is 7.35. The van der Waals surface area contributed by atoms with E-state index in [1.54, 1.807) is 17.2 Å². The topological polar surface area (TPSA) is 91.7 Å². The number of aromatic nitrogens is 1. The van der Waals surface area contributed by atoms with Crippen molar-refractivity contribution in [2.75, 3.05) is 17.6 Å². The molecule has 2 aromatic rings. The predicted molar refractivity (Wildman–Crippen MR) is 106 cm³/mol. The van der Waals surface area contributed by atoms with Crippen molar-refractivity contribution < 1.29 is 13.2 Å². The zero-order chi connectivity index (χ0) is 19.0. The Balaban J connectivity index is 1.50. The van der Waals surface area contributed by atoms with Crippen molar-refractivity contribution in [2.24, 2.45) is 4.40 Å². The van der Waals surface area contributed by atoms with Crippen LogP contribution in [0.3, 0.4) is 0 Å². The number of anilines is 1. The normalized spacial score (nSPS) is 17.7. The summed E-state index contributed by atoms with van der Waals surface area (Å²) in [4.78, 5) is 18.6. The fourth-order valence-electron chi connectivity index (χ4n) is 2.63. The maximum atomic E-state index is 12.5. The molecule has 0 bridgehead atoms. The summed E-state index contributed by atoms with van der Waals surface area (Å²) < 4.78 is 26.8. The molecule has 0 unspecified atom stereocenters. The number of nitrogens with one attached hydrogen (secondary N) is 1.